The van der Waals surface area contributed by atoms with Gasteiger partial charge in [-0.3, -0.25) is 4.79 Å². The number of hydrogen-bond donors (Lipinski definition) is 3. The molecule has 1 aliphatic rings. The zero-order valence-corrected chi connectivity index (χ0v) is 11.0. The number of nitrogens with one attached hydrogen (secondary N) is 2. The summed E-state index contributed by atoms with van der Waals surface area (Å²) in [6.07, 6.45) is 3.17. The van der Waals surface area contributed by atoms with Gasteiger partial charge in [0.2, 0.25) is 0 Å². The van der Waals surface area contributed by atoms with E-state index in [0.717, 1.165) is 19.3 Å². The Labute approximate surface area is 102 Å². The standard InChI is InChI=1S/C12H22N2O3/c1-11(2,9(15)16)12(3,4)14-10(17)13-8-6-5-7-8/h8H,5-7H2,1-4H3,(H,15,16)(H2,13,14,17). The number of carboxylic acids is 1. The molecule has 3 N–H and O–H groups in total. The lowest BCUT2D eigenvalue weighted by Gasteiger charge is -2.39. The van der Waals surface area contributed by atoms with E-state index >= 15 is 0 Å². The molecule has 1 saturated carbocycles. The predicted molar refractivity (Wildman–Crippen MR) is 64.8 cm³/mol. The number of carboxylic acid groups (broad SMARTS) is 1. The van der Waals surface area contributed by atoms with Gasteiger partial charge in [0.15, 0.2) is 0 Å². The van der Waals surface area contributed by atoms with E-state index in [1.165, 1.54) is 0 Å². The molecule has 98 valence electrons. The number of urea groups is 1. The molecule has 5 heteroatoms. The SMILES string of the molecule is CC(C)(NC(=O)NC1CCC1)C(C)(C)C(=O)O. The van der Waals surface area contributed by atoms with Crippen LogP contribution in [0.2, 0.25) is 0 Å². The van der Waals surface area contributed by atoms with Crippen molar-refractivity contribution in [1.29, 1.82) is 0 Å². The van der Waals surface area contributed by atoms with Crippen LogP contribution in [0.5, 0.6) is 0 Å². The fourth-order valence-electron chi connectivity index (χ4n) is 1.48. The molecule has 1 aliphatic carbocycles. The molecule has 17 heavy (non-hydrogen) atoms. The third-order valence-corrected chi connectivity index (χ3v) is 3.96. The molecule has 0 aromatic heterocycles. The van der Waals surface area contributed by atoms with Crippen LogP contribution >= 0.6 is 0 Å². The summed E-state index contributed by atoms with van der Waals surface area (Å²) in [5.41, 5.74) is -1.84. The van der Waals surface area contributed by atoms with Crippen LogP contribution in [0.3, 0.4) is 0 Å². The van der Waals surface area contributed by atoms with E-state index in [1.54, 1.807) is 27.7 Å². The number of carbonyl (C=O) groups excluding carboxylic acids is 1. The first-order chi connectivity index (χ1) is 7.67. The van der Waals surface area contributed by atoms with E-state index in [9.17, 15) is 9.59 Å². The summed E-state index contributed by atoms with van der Waals surface area (Å²) in [5, 5.41) is 14.7. The van der Waals surface area contributed by atoms with E-state index < -0.39 is 16.9 Å². The van der Waals surface area contributed by atoms with Gasteiger partial charge in [0, 0.05) is 6.04 Å². The van der Waals surface area contributed by atoms with Crippen LogP contribution in [-0.4, -0.2) is 28.7 Å². The maximum Gasteiger partial charge on any atom is 0.315 e. The summed E-state index contributed by atoms with van der Waals surface area (Å²) in [6, 6.07) is -0.0345. The summed E-state index contributed by atoms with van der Waals surface area (Å²) in [4.78, 5) is 22.9. The van der Waals surface area contributed by atoms with Crippen molar-refractivity contribution in [2.24, 2.45) is 5.41 Å². The van der Waals surface area contributed by atoms with Crippen molar-refractivity contribution in [3.05, 3.63) is 0 Å². The Hall–Kier alpha value is -1.26. The smallest absolute Gasteiger partial charge is 0.315 e. The van der Waals surface area contributed by atoms with Crippen LogP contribution in [0.15, 0.2) is 0 Å². The van der Waals surface area contributed by atoms with E-state index in [0.29, 0.717) is 0 Å². The number of aliphatic carboxylic acids is 1. The highest BCUT2D eigenvalue weighted by Gasteiger charge is 2.44. The summed E-state index contributed by atoms with van der Waals surface area (Å²) in [6.45, 7) is 6.67. The third-order valence-electron chi connectivity index (χ3n) is 3.96. The normalized spacial score (nSPS) is 17.2. The van der Waals surface area contributed by atoms with Gasteiger partial charge in [-0.1, -0.05) is 0 Å². The second-order valence-electron chi connectivity index (χ2n) is 5.78. The average molecular weight is 242 g/mol. The summed E-state index contributed by atoms with van der Waals surface area (Å²) >= 11 is 0. The molecule has 0 bridgehead atoms. The van der Waals surface area contributed by atoms with Crippen LogP contribution in [0.25, 0.3) is 0 Å². The molecule has 0 spiro atoms. The van der Waals surface area contributed by atoms with Crippen LogP contribution in [0, 0.1) is 5.41 Å². The minimum absolute atomic E-state index is 0.249. The summed E-state index contributed by atoms with van der Waals surface area (Å²) in [7, 11) is 0. The first kappa shape index (κ1) is 13.8. The molecule has 0 saturated heterocycles. The number of carbonyl (C=O) groups is 2. The Balaban J connectivity index is 2.58. The molecule has 0 aromatic rings. The topological polar surface area (TPSA) is 78.4 Å². The average Bonchev–Trinajstić information content (AvgIpc) is 2.10. The van der Waals surface area contributed by atoms with E-state index in [-0.39, 0.29) is 12.1 Å². The highest BCUT2D eigenvalue weighted by Crippen LogP contribution is 2.30. The monoisotopic (exact) mass is 242 g/mol. The first-order valence-electron chi connectivity index (χ1n) is 5.99. The van der Waals surface area contributed by atoms with Gasteiger partial charge in [-0.05, 0) is 47.0 Å². The fraction of sp³-hybridized carbons (Fsp3) is 0.833. The molecular formula is C12H22N2O3. The van der Waals surface area contributed by atoms with Gasteiger partial charge in [-0.25, -0.2) is 4.79 Å². The second-order valence-corrected chi connectivity index (χ2v) is 5.78. The molecule has 0 heterocycles. The van der Waals surface area contributed by atoms with Gasteiger partial charge in [0.25, 0.3) is 0 Å². The molecular weight excluding hydrogens is 220 g/mol. The van der Waals surface area contributed by atoms with E-state index in [2.05, 4.69) is 10.6 Å². The Morgan fingerprint density at radius 3 is 2.06 bits per heavy atom. The van der Waals surface area contributed by atoms with E-state index in [4.69, 9.17) is 5.11 Å². The van der Waals surface area contributed by atoms with Gasteiger partial charge in [-0.15, -0.1) is 0 Å². The van der Waals surface area contributed by atoms with Crippen LogP contribution in [0.1, 0.15) is 47.0 Å². The summed E-state index contributed by atoms with van der Waals surface area (Å²) < 4.78 is 0. The van der Waals surface area contributed by atoms with Gasteiger partial charge >= 0.3 is 12.0 Å². The van der Waals surface area contributed by atoms with Crippen molar-refractivity contribution in [2.45, 2.75) is 58.5 Å². The molecule has 0 aromatic carbocycles. The number of rotatable bonds is 4. The lowest BCUT2D eigenvalue weighted by molar-refractivity contribution is -0.150. The van der Waals surface area contributed by atoms with Crippen molar-refractivity contribution in [3.63, 3.8) is 0 Å². The fourth-order valence-corrected chi connectivity index (χ4v) is 1.48. The zero-order valence-electron chi connectivity index (χ0n) is 11.0. The minimum Gasteiger partial charge on any atom is -0.481 e. The van der Waals surface area contributed by atoms with Crippen molar-refractivity contribution in [3.8, 4) is 0 Å². The van der Waals surface area contributed by atoms with Crippen LogP contribution in [-0.2, 0) is 4.79 Å². The molecule has 1 fully saturated rings. The van der Waals surface area contributed by atoms with Crippen molar-refractivity contribution in [1.82, 2.24) is 10.6 Å². The van der Waals surface area contributed by atoms with Gasteiger partial charge in [0.05, 0.1) is 11.0 Å². The molecule has 0 radical (unpaired) electrons. The molecule has 1 rings (SSSR count). The molecule has 5 nitrogen and oxygen atoms in total. The Bertz CT molecular complexity index is 320. The predicted octanol–water partition coefficient (Wildman–Crippen LogP) is 1.73. The van der Waals surface area contributed by atoms with Crippen molar-refractivity contribution >= 4 is 12.0 Å². The van der Waals surface area contributed by atoms with Crippen molar-refractivity contribution in [2.75, 3.05) is 0 Å². The highest BCUT2D eigenvalue weighted by molar-refractivity contribution is 5.79. The molecule has 0 unspecified atom stereocenters. The van der Waals surface area contributed by atoms with Crippen molar-refractivity contribution < 1.29 is 14.7 Å². The minimum atomic E-state index is -1.02. The molecule has 0 atom stereocenters. The Morgan fingerprint density at radius 1 is 1.18 bits per heavy atom. The van der Waals surface area contributed by atoms with Gasteiger partial charge in [0.1, 0.15) is 0 Å². The van der Waals surface area contributed by atoms with Gasteiger partial charge in [-0.2, -0.15) is 0 Å². The summed E-state index contributed by atoms with van der Waals surface area (Å²) in [5.74, 6) is -0.925. The number of amides is 2. The van der Waals surface area contributed by atoms with E-state index in [1.807, 2.05) is 0 Å². The highest BCUT2D eigenvalue weighted by atomic mass is 16.4. The second kappa shape index (κ2) is 4.55. The lowest BCUT2D eigenvalue weighted by Crippen LogP contribution is -2.60. The largest absolute Gasteiger partial charge is 0.481 e. The lowest BCUT2D eigenvalue weighted by atomic mass is 9.74. The zero-order chi connectivity index (χ0) is 13.3. The Kier molecular flexibility index (Phi) is 3.69. The van der Waals surface area contributed by atoms with Crippen LogP contribution < -0.4 is 10.6 Å². The molecule has 0 aliphatic heterocycles. The maximum atomic E-state index is 11.7. The quantitative estimate of drug-likeness (QED) is 0.702. The maximum absolute atomic E-state index is 11.7. The van der Waals surface area contributed by atoms with Gasteiger partial charge < -0.3 is 15.7 Å². The third kappa shape index (κ3) is 2.90. The first-order valence-corrected chi connectivity index (χ1v) is 5.99. The Morgan fingerprint density at radius 2 is 1.71 bits per heavy atom. The number of hydrogen-bond acceptors (Lipinski definition) is 2. The van der Waals surface area contributed by atoms with Crippen LogP contribution in [0.4, 0.5) is 4.79 Å². The molecule has 2 amide bonds.